The molecule has 16 nitrogen and oxygen atoms in total. The number of likely N-dealkylation sites (tertiary alicyclic amines) is 1. The molecule has 2 aliphatic carbocycles. The third-order valence-electron chi connectivity index (χ3n) is 15.3. The lowest BCUT2D eigenvalue weighted by molar-refractivity contribution is -0.384. The number of H-pyrrole nitrogens is 1. The van der Waals surface area contributed by atoms with Crippen molar-refractivity contribution in [2.75, 3.05) is 49.5 Å². The normalized spacial score (nSPS) is 20.6. The monoisotopic (exact) mass is 966 g/mol. The standard InChI is InChI=1S/C51H63FN8O8S/c1-5-50(4,62)18-9-10-23-53-46-42(60(63)64)27-34(29-54-46)69(65,66)57-47(61)37-17-16-33(26-43(37)68-44-28-38-40(52)30-55-45(38)56-48(44)67-6-2)58-24-21-51(22-25-58)31-59(32-51)41-15-11-13-36(41)35-12-7-8-14-39(35)49(3)19-20-49/h7-8,12,14,16-17,26-30,36,41,62H,5-6,9-11,13,15,18-25,31-32H2,1-4H3,(H,53,54)(H,55,56)(H,57,61)/t36-,41-,50+/m0/s1. The van der Waals surface area contributed by atoms with Gasteiger partial charge in [0.05, 0.1) is 34.3 Å². The fourth-order valence-electron chi connectivity index (χ4n) is 10.7. The first-order valence-electron chi connectivity index (χ1n) is 24.4. The van der Waals surface area contributed by atoms with Crippen molar-refractivity contribution in [1.82, 2.24) is 24.6 Å². The number of ether oxygens (including phenoxy) is 2. The number of pyridine rings is 2. The molecule has 1 amide bonds. The van der Waals surface area contributed by atoms with E-state index in [9.17, 15) is 32.8 Å². The van der Waals surface area contributed by atoms with Crippen molar-refractivity contribution in [3.05, 3.63) is 99.6 Å². The Balaban J connectivity index is 0.922. The van der Waals surface area contributed by atoms with Crippen LogP contribution in [-0.2, 0) is 15.4 Å². The van der Waals surface area contributed by atoms with Gasteiger partial charge in [-0.3, -0.25) is 19.8 Å². The molecule has 4 fully saturated rings. The van der Waals surface area contributed by atoms with Gasteiger partial charge < -0.3 is 29.8 Å². The number of hydrogen-bond donors (Lipinski definition) is 4. The molecular weight excluding hydrogens is 904 g/mol. The van der Waals surface area contributed by atoms with E-state index in [4.69, 9.17) is 9.47 Å². The largest absolute Gasteiger partial charge is 0.475 e. The third kappa shape index (κ3) is 10.1. The Morgan fingerprint density at radius 3 is 2.55 bits per heavy atom. The van der Waals surface area contributed by atoms with Crippen molar-refractivity contribution >= 4 is 44.2 Å². The van der Waals surface area contributed by atoms with E-state index in [-0.39, 0.29) is 51.8 Å². The minimum atomic E-state index is -4.72. The number of fused-ring (bicyclic) bond motifs is 1. The van der Waals surface area contributed by atoms with Crippen LogP contribution in [0.3, 0.4) is 0 Å². The molecule has 4 N–H and O–H groups in total. The van der Waals surface area contributed by atoms with Gasteiger partial charge in [-0.15, -0.1) is 0 Å². The molecule has 69 heavy (non-hydrogen) atoms. The number of piperidine rings is 1. The highest BCUT2D eigenvalue weighted by Gasteiger charge is 2.50. The molecule has 4 aliphatic rings. The lowest BCUT2D eigenvalue weighted by Crippen LogP contribution is -2.63. The molecule has 2 saturated carbocycles. The number of nitro groups is 1. The maximum Gasteiger partial charge on any atom is 0.312 e. The first-order chi connectivity index (χ1) is 33.0. The van der Waals surface area contributed by atoms with Gasteiger partial charge in [-0.05, 0) is 118 Å². The van der Waals surface area contributed by atoms with Gasteiger partial charge in [0.25, 0.3) is 21.8 Å². The minimum absolute atomic E-state index is 0.00166. The molecule has 5 heterocycles. The minimum Gasteiger partial charge on any atom is -0.475 e. The maximum absolute atomic E-state index is 14.9. The molecule has 0 radical (unpaired) electrons. The predicted octanol–water partition coefficient (Wildman–Crippen LogP) is 9.35. The summed E-state index contributed by atoms with van der Waals surface area (Å²) < 4.78 is 56.7. The Kier molecular flexibility index (Phi) is 13.4. The number of hydrogen-bond acceptors (Lipinski definition) is 13. The number of nitrogens with one attached hydrogen (secondary N) is 3. The van der Waals surface area contributed by atoms with E-state index in [1.807, 2.05) is 11.6 Å². The third-order valence-corrected chi connectivity index (χ3v) is 16.6. The molecule has 5 aromatic rings. The van der Waals surface area contributed by atoms with Crippen LogP contribution in [0.25, 0.3) is 11.0 Å². The Hall–Kier alpha value is -5.85. The van der Waals surface area contributed by atoms with Gasteiger partial charge in [0.2, 0.25) is 5.82 Å². The summed E-state index contributed by atoms with van der Waals surface area (Å²) in [5, 5.41) is 25.4. The highest BCUT2D eigenvalue weighted by molar-refractivity contribution is 7.90. The van der Waals surface area contributed by atoms with Gasteiger partial charge in [-0.2, -0.15) is 4.98 Å². The quantitative estimate of drug-likeness (QED) is 0.0346. The molecule has 0 unspecified atom stereocenters. The Bertz CT molecular complexity index is 2840. The van der Waals surface area contributed by atoms with Gasteiger partial charge in [0, 0.05) is 68.8 Å². The lowest BCUT2D eigenvalue weighted by Gasteiger charge is -2.57. The first-order valence-corrected chi connectivity index (χ1v) is 25.9. The number of rotatable bonds is 19. The van der Waals surface area contributed by atoms with E-state index in [0.717, 1.165) is 63.2 Å². The van der Waals surface area contributed by atoms with Gasteiger partial charge in [0.15, 0.2) is 5.75 Å². The highest BCUT2D eigenvalue weighted by atomic mass is 32.2. The van der Waals surface area contributed by atoms with Crippen molar-refractivity contribution in [2.24, 2.45) is 5.41 Å². The Morgan fingerprint density at radius 1 is 1.06 bits per heavy atom. The van der Waals surface area contributed by atoms with E-state index in [1.54, 1.807) is 37.1 Å². The van der Waals surface area contributed by atoms with Gasteiger partial charge in [-0.1, -0.05) is 44.5 Å². The number of aromatic nitrogens is 3. The number of benzene rings is 2. The second-order valence-electron chi connectivity index (χ2n) is 20.1. The van der Waals surface area contributed by atoms with E-state index in [0.29, 0.717) is 49.6 Å². The molecule has 2 saturated heterocycles. The number of aromatic amines is 1. The second-order valence-corrected chi connectivity index (χ2v) is 21.8. The van der Waals surface area contributed by atoms with Gasteiger partial charge >= 0.3 is 5.69 Å². The Labute approximate surface area is 402 Å². The number of anilines is 2. The van der Waals surface area contributed by atoms with Crippen LogP contribution in [0.15, 0.2) is 71.9 Å². The molecule has 0 bridgehead atoms. The number of unbranched alkanes of at least 4 members (excludes halogenated alkanes) is 1. The summed E-state index contributed by atoms with van der Waals surface area (Å²) >= 11 is 0. The number of sulfonamides is 1. The Morgan fingerprint density at radius 2 is 1.83 bits per heavy atom. The topological polar surface area (TPSA) is 205 Å². The highest BCUT2D eigenvalue weighted by Crippen LogP contribution is 2.53. The maximum atomic E-state index is 14.9. The molecule has 3 aromatic heterocycles. The molecule has 2 aliphatic heterocycles. The van der Waals surface area contributed by atoms with Gasteiger partial charge in [0.1, 0.15) is 22.1 Å². The predicted molar refractivity (Wildman–Crippen MR) is 261 cm³/mol. The number of nitrogens with zero attached hydrogens (tertiary/aromatic N) is 5. The molecule has 368 valence electrons. The summed E-state index contributed by atoms with van der Waals surface area (Å²) in [5.41, 5.74) is 3.03. The molecule has 3 atom stereocenters. The molecule has 9 rings (SSSR count). The van der Waals surface area contributed by atoms with Crippen LogP contribution in [0.4, 0.5) is 21.6 Å². The van der Waals surface area contributed by atoms with Crippen molar-refractivity contribution in [3.8, 4) is 17.4 Å². The van der Waals surface area contributed by atoms with Crippen LogP contribution in [0.2, 0.25) is 0 Å². The van der Waals surface area contributed by atoms with Crippen LogP contribution in [-0.4, -0.2) is 95.2 Å². The molecule has 1 spiro atoms. The van der Waals surface area contributed by atoms with E-state index < -0.39 is 42.9 Å². The first kappa shape index (κ1) is 48.2. The fraction of sp³-hybridized carbons (Fsp3) is 0.510. The van der Waals surface area contributed by atoms with Crippen molar-refractivity contribution in [2.45, 2.75) is 126 Å². The summed E-state index contributed by atoms with van der Waals surface area (Å²) in [7, 11) is -4.72. The number of halogens is 1. The fourth-order valence-corrected chi connectivity index (χ4v) is 11.6. The summed E-state index contributed by atoms with van der Waals surface area (Å²) in [4.78, 5) is 41.1. The average Bonchev–Trinajstić information content (AvgIpc) is 3.71. The SMILES string of the molecule is CCOc1nc2[nH]cc(F)c2cc1Oc1cc(N2CCC3(CC2)CN([C@H]2CCC[C@H]2c2ccccc2C2(C)CC2)C3)ccc1C(=O)NS(=O)(=O)c1cnc(NCCCC[C@](C)(O)CC)c([N+](=O)[O-])c1. The zero-order chi connectivity index (χ0) is 48.7. The number of carbonyl (C=O) groups excluding carboxylic acids is 1. The smallest absolute Gasteiger partial charge is 0.312 e. The van der Waals surface area contributed by atoms with Crippen LogP contribution >= 0.6 is 0 Å². The summed E-state index contributed by atoms with van der Waals surface area (Å²) in [5.74, 6) is -1.23. The van der Waals surface area contributed by atoms with Crippen molar-refractivity contribution in [3.63, 3.8) is 0 Å². The zero-order valence-electron chi connectivity index (χ0n) is 39.9. The number of carbonyl (C=O) groups is 1. The van der Waals surface area contributed by atoms with Crippen LogP contribution in [0, 0.1) is 21.3 Å². The number of aliphatic hydroxyl groups is 1. The summed E-state index contributed by atoms with van der Waals surface area (Å²) in [6, 6.07) is 16.8. The molecular formula is C51H63FN8O8S. The summed E-state index contributed by atoms with van der Waals surface area (Å²) in [6.45, 7) is 11.9. The van der Waals surface area contributed by atoms with E-state index >= 15 is 0 Å². The van der Waals surface area contributed by atoms with Crippen LogP contribution < -0.4 is 24.4 Å². The van der Waals surface area contributed by atoms with Crippen molar-refractivity contribution < 1.29 is 37.1 Å². The van der Waals surface area contributed by atoms with Crippen LogP contribution in [0.5, 0.6) is 17.4 Å². The lowest BCUT2D eigenvalue weighted by atomic mass is 9.70. The molecule has 2 aromatic carbocycles. The zero-order valence-corrected chi connectivity index (χ0v) is 40.7. The van der Waals surface area contributed by atoms with E-state index in [1.165, 1.54) is 44.2 Å². The average molecular weight is 967 g/mol. The second kappa shape index (κ2) is 19.2. The van der Waals surface area contributed by atoms with Crippen LogP contribution in [0.1, 0.15) is 126 Å². The van der Waals surface area contributed by atoms with E-state index in [2.05, 4.69) is 61.3 Å². The van der Waals surface area contributed by atoms with Crippen molar-refractivity contribution in [1.29, 1.82) is 0 Å². The molecule has 18 heteroatoms. The number of amides is 1. The summed E-state index contributed by atoms with van der Waals surface area (Å²) in [6.07, 6.45) is 12.7. The van der Waals surface area contributed by atoms with Gasteiger partial charge in [-0.25, -0.2) is 22.5 Å².